The smallest absolute Gasteiger partial charge is 0.255 e. The molecule has 0 aliphatic heterocycles. The zero-order valence-electron chi connectivity index (χ0n) is 19.7. The van der Waals surface area contributed by atoms with Gasteiger partial charge in [-0.1, -0.05) is 37.1 Å². The van der Waals surface area contributed by atoms with Gasteiger partial charge in [0.05, 0.1) is 18.4 Å². The zero-order chi connectivity index (χ0) is 24.6. The van der Waals surface area contributed by atoms with E-state index in [-0.39, 0.29) is 30.2 Å². The van der Waals surface area contributed by atoms with Crippen molar-refractivity contribution in [3.05, 3.63) is 89.5 Å². The lowest BCUT2D eigenvalue weighted by Crippen LogP contribution is -2.25. The molecule has 0 bridgehead atoms. The lowest BCUT2D eigenvalue weighted by atomic mass is 10.1. The molecule has 1 saturated carbocycles. The molecule has 3 aromatic rings. The van der Waals surface area contributed by atoms with Crippen LogP contribution in [0.15, 0.2) is 72.8 Å². The molecule has 1 aliphatic rings. The minimum Gasteiger partial charge on any atom is -0.497 e. The molecule has 0 saturated heterocycles. The number of para-hydroxylation sites is 1. The standard InChI is InChI=1S/C28H29N3O4/c1-35-23-15-13-21(14-16-23)27(33)31-25-12-5-4-11-24(25)28(34)29-18-19-7-6-10-22(17-19)30-26(32)20-8-2-3-9-20/h4-7,10-17,20H,2-3,8-9,18H2,1H3,(H,29,34)(H,30,32)(H,31,33). The van der Waals surface area contributed by atoms with Crippen molar-refractivity contribution >= 4 is 29.1 Å². The van der Waals surface area contributed by atoms with Gasteiger partial charge >= 0.3 is 0 Å². The van der Waals surface area contributed by atoms with Crippen LogP contribution in [0, 0.1) is 5.92 Å². The molecule has 0 unspecified atom stereocenters. The van der Waals surface area contributed by atoms with Crippen molar-refractivity contribution in [3.8, 4) is 5.75 Å². The Morgan fingerprint density at radius 1 is 0.857 bits per heavy atom. The van der Waals surface area contributed by atoms with Crippen molar-refractivity contribution in [1.82, 2.24) is 5.32 Å². The Kier molecular flexibility index (Phi) is 7.77. The van der Waals surface area contributed by atoms with Crippen molar-refractivity contribution < 1.29 is 19.1 Å². The number of hydrogen-bond acceptors (Lipinski definition) is 4. The lowest BCUT2D eigenvalue weighted by molar-refractivity contribution is -0.119. The number of rotatable bonds is 8. The first-order valence-corrected chi connectivity index (χ1v) is 11.8. The van der Waals surface area contributed by atoms with E-state index in [1.165, 1.54) is 0 Å². The second kappa shape index (κ2) is 11.3. The molecule has 180 valence electrons. The van der Waals surface area contributed by atoms with Crippen LogP contribution in [0.3, 0.4) is 0 Å². The zero-order valence-corrected chi connectivity index (χ0v) is 19.7. The highest BCUT2D eigenvalue weighted by Crippen LogP contribution is 2.26. The Morgan fingerprint density at radius 2 is 1.60 bits per heavy atom. The average molecular weight is 472 g/mol. The minimum absolute atomic E-state index is 0.0604. The number of anilines is 2. The van der Waals surface area contributed by atoms with E-state index in [1.54, 1.807) is 55.6 Å². The third kappa shape index (κ3) is 6.26. The number of ether oxygens (including phenoxy) is 1. The molecule has 0 spiro atoms. The van der Waals surface area contributed by atoms with E-state index in [2.05, 4.69) is 16.0 Å². The van der Waals surface area contributed by atoms with E-state index >= 15 is 0 Å². The van der Waals surface area contributed by atoms with Crippen molar-refractivity contribution in [2.24, 2.45) is 5.92 Å². The first-order valence-electron chi connectivity index (χ1n) is 11.8. The summed E-state index contributed by atoms with van der Waals surface area (Å²) in [5.74, 6) is 0.173. The molecule has 0 atom stereocenters. The van der Waals surface area contributed by atoms with Crippen molar-refractivity contribution in [2.45, 2.75) is 32.2 Å². The van der Waals surface area contributed by atoms with Gasteiger partial charge in [0.15, 0.2) is 0 Å². The van der Waals surface area contributed by atoms with Gasteiger partial charge in [0.1, 0.15) is 5.75 Å². The fraction of sp³-hybridized carbons (Fsp3) is 0.250. The highest BCUT2D eigenvalue weighted by Gasteiger charge is 2.22. The summed E-state index contributed by atoms with van der Waals surface area (Å²) in [4.78, 5) is 38.0. The molecule has 1 fully saturated rings. The largest absolute Gasteiger partial charge is 0.497 e. The maximum atomic E-state index is 12.9. The van der Waals surface area contributed by atoms with Crippen LogP contribution in [0.5, 0.6) is 5.75 Å². The number of hydrogen-bond donors (Lipinski definition) is 3. The number of benzene rings is 3. The molecule has 7 heteroatoms. The van der Waals surface area contributed by atoms with E-state index in [9.17, 15) is 14.4 Å². The summed E-state index contributed by atoms with van der Waals surface area (Å²) in [6, 6.07) is 21.1. The molecule has 0 radical (unpaired) electrons. The van der Waals surface area contributed by atoms with E-state index in [1.807, 2.05) is 24.3 Å². The van der Waals surface area contributed by atoms with Gasteiger partial charge in [0, 0.05) is 23.7 Å². The second-order valence-corrected chi connectivity index (χ2v) is 8.58. The van der Waals surface area contributed by atoms with E-state index in [0.29, 0.717) is 22.6 Å². The van der Waals surface area contributed by atoms with Crippen molar-refractivity contribution in [1.29, 1.82) is 0 Å². The molecule has 0 aromatic heterocycles. The minimum atomic E-state index is -0.321. The van der Waals surface area contributed by atoms with Gasteiger partial charge in [0.2, 0.25) is 5.91 Å². The van der Waals surface area contributed by atoms with E-state index < -0.39 is 0 Å². The molecule has 1 aliphatic carbocycles. The van der Waals surface area contributed by atoms with Gasteiger partial charge in [-0.2, -0.15) is 0 Å². The van der Waals surface area contributed by atoms with E-state index in [4.69, 9.17) is 4.74 Å². The van der Waals surface area contributed by atoms with Crippen LogP contribution in [0.1, 0.15) is 52.0 Å². The SMILES string of the molecule is COc1ccc(C(=O)Nc2ccccc2C(=O)NCc2cccc(NC(=O)C3CCCC3)c2)cc1. The van der Waals surface area contributed by atoms with Gasteiger partial charge in [-0.15, -0.1) is 0 Å². The fourth-order valence-corrected chi connectivity index (χ4v) is 4.20. The molecule has 0 heterocycles. The molecule has 3 N–H and O–H groups in total. The maximum Gasteiger partial charge on any atom is 0.255 e. The predicted molar refractivity (Wildman–Crippen MR) is 136 cm³/mol. The van der Waals surface area contributed by atoms with Crippen molar-refractivity contribution in [3.63, 3.8) is 0 Å². The van der Waals surface area contributed by atoms with Crippen molar-refractivity contribution in [2.75, 3.05) is 17.7 Å². The van der Waals surface area contributed by atoms with Crippen LogP contribution >= 0.6 is 0 Å². The summed E-state index contributed by atoms with van der Waals surface area (Å²) in [5.41, 5.74) is 2.82. The molecule has 7 nitrogen and oxygen atoms in total. The Balaban J connectivity index is 1.38. The van der Waals surface area contributed by atoms with Crippen LogP contribution in [-0.2, 0) is 11.3 Å². The molecule has 4 rings (SSSR count). The summed E-state index contributed by atoms with van der Waals surface area (Å²) in [6.07, 6.45) is 4.09. The number of nitrogens with one attached hydrogen (secondary N) is 3. The Morgan fingerprint density at radius 3 is 2.34 bits per heavy atom. The second-order valence-electron chi connectivity index (χ2n) is 8.58. The number of amides is 3. The highest BCUT2D eigenvalue weighted by atomic mass is 16.5. The van der Waals surface area contributed by atoms with Gasteiger partial charge in [-0.25, -0.2) is 0 Å². The van der Waals surface area contributed by atoms with Crippen LogP contribution in [0.2, 0.25) is 0 Å². The van der Waals surface area contributed by atoms with Crippen LogP contribution in [0.4, 0.5) is 11.4 Å². The van der Waals surface area contributed by atoms with Gasteiger partial charge < -0.3 is 20.7 Å². The summed E-state index contributed by atoms with van der Waals surface area (Å²) >= 11 is 0. The maximum absolute atomic E-state index is 12.9. The first kappa shape index (κ1) is 24.0. The normalized spacial score (nSPS) is 13.2. The van der Waals surface area contributed by atoms with Gasteiger partial charge in [-0.3, -0.25) is 14.4 Å². The highest BCUT2D eigenvalue weighted by molar-refractivity contribution is 6.09. The lowest BCUT2D eigenvalue weighted by Gasteiger charge is -2.13. The van der Waals surface area contributed by atoms with Crippen LogP contribution in [-0.4, -0.2) is 24.8 Å². The van der Waals surface area contributed by atoms with Crippen LogP contribution < -0.4 is 20.7 Å². The number of carbonyl (C=O) groups excluding carboxylic acids is 3. The van der Waals surface area contributed by atoms with E-state index in [0.717, 1.165) is 36.9 Å². The monoisotopic (exact) mass is 471 g/mol. The third-order valence-electron chi connectivity index (χ3n) is 6.15. The summed E-state index contributed by atoms with van der Waals surface area (Å²) in [7, 11) is 1.56. The van der Waals surface area contributed by atoms with Gasteiger partial charge in [0.25, 0.3) is 11.8 Å². The molecule has 35 heavy (non-hydrogen) atoms. The molecule has 3 amide bonds. The Labute approximate surface area is 204 Å². The third-order valence-corrected chi connectivity index (χ3v) is 6.15. The molecular weight excluding hydrogens is 442 g/mol. The average Bonchev–Trinajstić information content (AvgIpc) is 3.43. The molecular formula is C28H29N3O4. The summed E-state index contributed by atoms with van der Waals surface area (Å²) in [5, 5.41) is 8.70. The van der Waals surface area contributed by atoms with Gasteiger partial charge in [-0.05, 0) is 66.9 Å². The molecule has 3 aromatic carbocycles. The number of methoxy groups -OCH3 is 1. The quantitative estimate of drug-likeness (QED) is 0.430. The van der Waals surface area contributed by atoms with Crippen LogP contribution in [0.25, 0.3) is 0 Å². The summed E-state index contributed by atoms with van der Waals surface area (Å²) in [6.45, 7) is 0.284. The fourth-order valence-electron chi connectivity index (χ4n) is 4.20. The Bertz CT molecular complexity index is 1200. The number of carbonyl (C=O) groups is 3. The first-order chi connectivity index (χ1) is 17.0. The predicted octanol–water partition coefficient (Wildman–Crippen LogP) is 5.01. The topological polar surface area (TPSA) is 96.5 Å². The Hall–Kier alpha value is -4.13. The summed E-state index contributed by atoms with van der Waals surface area (Å²) < 4.78 is 5.13.